The fourth-order valence-corrected chi connectivity index (χ4v) is 0.284. The van der Waals surface area contributed by atoms with Gasteiger partial charge in [0.1, 0.15) is 0 Å². The molecule has 3 N–H and O–H groups in total. The third kappa shape index (κ3) is 56.8. The summed E-state index contributed by atoms with van der Waals surface area (Å²) in [5.74, 6) is -0.586. The summed E-state index contributed by atoms with van der Waals surface area (Å²) in [5, 5.41) is 7.42. The number of carbonyl (C=O) groups excluding carboxylic acids is 1. The number of carboxylic acids is 1. The van der Waals surface area contributed by atoms with Crippen molar-refractivity contribution in [2.45, 2.75) is 27.7 Å². The summed E-state index contributed by atoms with van der Waals surface area (Å²) in [6, 6.07) is 0. The average molecular weight is 194 g/mol. The van der Waals surface area contributed by atoms with Crippen molar-refractivity contribution in [1.82, 2.24) is 0 Å². The van der Waals surface area contributed by atoms with Crippen molar-refractivity contribution in [3.63, 3.8) is 0 Å². The van der Waals surface area contributed by atoms with E-state index in [2.05, 4.69) is 4.74 Å². The van der Waals surface area contributed by atoms with Crippen LogP contribution in [-0.4, -0.2) is 29.1 Å². The summed E-state index contributed by atoms with van der Waals surface area (Å²) >= 11 is 0. The quantitative estimate of drug-likeness (QED) is 0.646. The number of aliphatic carboxylic acids is 1. The van der Waals surface area contributed by atoms with Crippen LogP contribution < -0.4 is 0 Å². The molecule has 0 radical (unpaired) electrons. The van der Waals surface area contributed by atoms with Gasteiger partial charge in [0.25, 0.3) is 5.97 Å². The zero-order valence-corrected chi connectivity index (χ0v) is 8.46. The van der Waals surface area contributed by atoms with Crippen molar-refractivity contribution in [1.29, 1.82) is 0 Å². The first-order valence-corrected chi connectivity index (χ1v) is 3.69. The first kappa shape index (κ1) is 17.8. The zero-order chi connectivity index (χ0) is 10.1. The van der Waals surface area contributed by atoms with E-state index in [1.165, 1.54) is 6.92 Å². The number of carbonyl (C=O) groups is 2. The maximum Gasteiger partial charge on any atom is 0.302 e. The molecule has 0 atom stereocenters. The third-order valence-electron chi connectivity index (χ3n) is 0.620. The fraction of sp³-hybridized carbons (Fsp3) is 0.750. The van der Waals surface area contributed by atoms with Gasteiger partial charge >= 0.3 is 5.97 Å². The Balaban J connectivity index is -0.000000173. The summed E-state index contributed by atoms with van der Waals surface area (Å²) in [4.78, 5) is 19.1. The molecule has 0 aromatic heterocycles. The molecule has 0 aliphatic rings. The molecule has 0 rings (SSSR count). The highest BCUT2D eigenvalue weighted by molar-refractivity contribution is 5.65. The molecule has 0 aromatic carbocycles. The smallest absolute Gasteiger partial charge is 0.302 e. The summed E-state index contributed by atoms with van der Waals surface area (Å²) in [5.41, 5.74) is 0. The monoisotopic (exact) mass is 194 g/mol. The van der Waals surface area contributed by atoms with E-state index in [1.54, 1.807) is 0 Å². The lowest BCUT2D eigenvalue weighted by Crippen LogP contribution is -2.05. The van der Waals surface area contributed by atoms with Crippen LogP contribution in [0.25, 0.3) is 0 Å². The van der Waals surface area contributed by atoms with Crippen molar-refractivity contribution < 1.29 is 24.9 Å². The first-order valence-electron chi connectivity index (χ1n) is 3.69. The minimum Gasteiger partial charge on any atom is -0.481 e. The molecule has 0 aromatic rings. The van der Waals surface area contributed by atoms with Crippen LogP contribution in [0.15, 0.2) is 0 Å². The van der Waals surface area contributed by atoms with Crippen LogP contribution in [0, 0.1) is 5.92 Å². The summed E-state index contributed by atoms with van der Waals surface area (Å²) in [7, 11) is 0. The molecule has 5 nitrogen and oxygen atoms in total. The summed E-state index contributed by atoms with van der Waals surface area (Å²) in [6.07, 6.45) is 0. The molecule has 0 saturated heterocycles. The van der Waals surface area contributed by atoms with Crippen LogP contribution in [0.4, 0.5) is 0 Å². The van der Waals surface area contributed by atoms with E-state index < -0.39 is 5.97 Å². The molecular formula is C8H18O5. The van der Waals surface area contributed by atoms with Gasteiger partial charge in [-0.05, 0) is 5.92 Å². The van der Waals surface area contributed by atoms with Gasteiger partial charge in [0.2, 0.25) is 0 Å². The van der Waals surface area contributed by atoms with Crippen LogP contribution in [0.3, 0.4) is 0 Å². The highest BCUT2D eigenvalue weighted by Crippen LogP contribution is 1.91. The molecule has 0 heterocycles. The van der Waals surface area contributed by atoms with E-state index in [4.69, 9.17) is 9.90 Å². The van der Waals surface area contributed by atoms with Gasteiger partial charge in [0, 0.05) is 13.8 Å². The average Bonchev–Trinajstić information content (AvgIpc) is 1.82. The largest absolute Gasteiger partial charge is 0.481 e. The fourth-order valence-electron chi connectivity index (χ4n) is 0.284. The molecule has 0 amide bonds. The second-order valence-corrected chi connectivity index (χ2v) is 2.72. The van der Waals surface area contributed by atoms with Crippen molar-refractivity contribution in [2.75, 3.05) is 6.61 Å². The lowest BCUT2D eigenvalue weighted by Gasteiger charge is -2.02. The number of hydrogen-bond donors (Lipinski definition) is 1. The molecule has 0 aliphatic heterocycles. The minimum absolute atomic E-state index is 0. The van der Waals surface area contributed by atoms with Gasteiger partial charge in [0.15, 0.2) is 0 Å². The van der Waals surface area contributed by atoms with Crippen LogP contribution in [0.5, 0.6) is 0 Å². The number of esters is 1. The van der Waals surface area contributed by atoms with Crippen LogP contribution in [0.2, 0.25) is 0 Å². The van der Waals surface area contributed by atoms with E-state index in [9.17, 15) is 4.79 Å². The second-order valence-electron chi connectivity index (χ2n) is 2.72. The minimum atomic E-state index is -0.833. The number of hydrogen-bond acceptors (Lipinski definition) is 3. The van der Waals surface area contributed by atoms with Gasteiger partial charge in [-0.25, -0.2) is 0 Å². The summed E-state index contributed by atoms with van der Waals surface area (Å²) < 4.78 is 4.66. The molecule has 80 valence electrons. The van der Waals surface area contributed by atoms with Gasteiger partial charge < -0.3 is 15.3 Å². The number of ether oxygens (including phenoxy) is 1. The summed E-state index contributed by atoms with van der Waals surface area (Å²) in [6.45, 7) is 7.05. The van der Waals surface area contributed by atoms with Crippen LogP contribution in [0.1, 0.15) is 27.7 Å². The third-order valence-corrected chi connectivity index (χ3v) is 0.620. The topological polar surface area (TPSA) is 95.1 Å². The van der Waals surface area contributed by atoms with Crippen molar-refractivity contribution in [3.05, 3.63) is 0 Å². The Kier molecular flexibility index (Phi) is 15.0. The number of carboxylic acid groups (broad SMARTS) is 1. The molecule has 0 bridgehead atoms. The maximum atomic E-state index is 10.1. The van der Waals surface area contributed by atoms with E-state index in [-0.39, 0.29) is 11.4 Å². The molecule has 13 heavy (non-hydrogen) atoms. The standard InChI is InChI=1S/C6H12O2.C2H4O2.H2O/c1-5(2)4-8-6(3)7;1-2(3)4;/h5H,4H2,1-3H3;1H3,(H,3,4);1H2. The van der Waals surface area contributed by atoms with Crippen molar-refractivity contribution in [2.24, 2.45) is 5.92 Å². The normalized spacial score (nSPS) is 7.77. The Morgan fingerprint density at radius 3 is 1.69 bits per heavy atom. The second kappa shape index (κ2) is 10.9. The molecular weight excluding hydrogens is 176 g/mol. The molecule has 0 spiro atoms. The molecule has 0 aliphatic carbocycles. The van der Waals surface area contributed by atoms with Gasteiger partial charge in [0.05, 0.1) is 6.61 Å². The molecule has 0 unspecified atom stereocenters. The highest BCUT2D eigenvalue weighted by atomic mass is 16.5. The number of rotatable bonds is 2. The van der Waals surface area contributed by atoms with Crippen molar-refractivity contribution in [3.8, 4) is 0 Å². The lowest BCUT2D eigenvalue weighted by molar-refractivity contribution is -0.142. The lowest BCUT2D eigenvalue weighted by atomic mass is 10.2. The Hall–Kier alpha value is -1.10. The van der Waals surface area contributed by atoms with E-state index >= 15 is 0 Å². The zero-order valence-electron chi connectivity index (χ0n) is 8.46. The van der Waals surface area contributed by atoms with Gasteiger partial charge in [-0.3, -0.25) is 9.59 Å². The SMILES string of the molecule is CC(=O)O.CC(=O)OCC(C)C.O. The van der Waals surface area contributed by atoms with Crippen LogP contribution in [-0.2, 0) is 14.3 Å². The first-order chi connectivity index (χ1) is 5.36. The van der Waals surface area contributed by atoms with Gasteiger partial charge in [-0.15, -0.1) is 0 Å². The molecule has 0 saturated carbocycles. The Morgan fingerprint density at radius 1 is 1.31 bits per heavy atom. The predicted molar refractivity (Wildman–Crippen MR) is 48.4 cm³/mol. The predicted octanol–water partition coefficient (Wildman–Crippen LogP) is 0.472. The van der Waals surface area contributed by atoms with E-state index in [0.717, 1.165) is 6.92 Å². The van der Waals surface area contributed by atoms with Crippen molar-refractivity contribution >= 4 is 11.9 Å². The van der Waals surface area contributed by atoms with E-state index in [0.29, 0.717) is 12.5 Å². The van der Waals surface area contributed by atoms with Crippen LogP contribution >= 0.6 is 0 Å². The Morgan fingerprint density at radius 2 is 1.62 bits per heavy atom. The highest BCUT2D eigenvalue weighted by Gasteiger charge is 1.94. The van der Waals surface area contributed by atoms with Gasteiger partial charge in [-0.1, -0.05) is 13.8 Å². The Bertz CT molecular complexity index is 137. The molecule has 0 fully saturated rings. The Labute approximate surface area is 78.0 Å². The van der Waals surface area contributed by atoms with Gasteiger partial charge in [-0.2, -0.15) is 0 Å². The van der Waals surface area contributed by atoms with E-state index in [1.807, 2.05) is 13.8 Å². The maximum absolute atomic E-state index is 10.1. The molecule has 5 heteroatoms.